The Morgan fingerprint density at radius 3 is 2.67 bits per heavy atom. The van der Waals surface area contributed by atoms with Crippen molar-refractivity contribution in [1.82, 2.24) is 9.80 Å². The van der Waals surface area contributed by atoms with Crippen molar-refractivity contribution in [3.05, 3.63) is 65.5 Å². The zero-order valence-electron chi connectivity index (χ0n) is 15.9. The summed E-state index contributed by atoms with van der Waals surface area (Å²) in [5.74, 6) is 0.590. The molecule has 3 rings (SSSR count). The maximum atomic E-state index is 13.1. The van der Waals surface area contributed by atoms with Crippen LogP contribution in [0.1, 0.15) is 35.7 Å². The standard InChI is InChI=1S/C22H27FN2O2/c1-2-15-27-21-6-3-5-19(16-21)22(26)25-12-4-11-24(13-14-25)17-18-7-9-20(23)10-8-18/h3,5-10,16H,2,4,11-15,17H2,1H3. The van der Waals surface area contributed by atoms with Gasteiger partial charge < -0.3 is 9.64 Å². The van der Waals surface area contributed by atoms with Gasteiger partial charge in [0, 0.05) is 38.3 Å². The lowest BCUT2D eigenvalue weighted by atomic mass is 10.2. The van der Waals surface area contributed by atoms with Crippen molar-refractivity contribution in [3.8, 4) is 5.75 Å². The molecule has 2 aromatic rings. The first-order valence-electron chi connectivity index (χ1n) is 9.64. The van der Waals surface area contributed by atoms with Crippen LogP contribution in [0.4, 0.5) is 4.39 Å². The third-order valence-corrected chi connectivity index (χ3v) is 4.75. The fraction of sp³-hybridized carbons (Fsp3) is 0.409. The minimum Gasteiger partial charge on any atom is -0.494 e. The van der Waals surface area contributed by atoms with Gasteiger partial charge in [-0.1, -0.05) is 25.1 Å². The number of rotatable bonds is 6. The SMILES string of the molecule is CCCOc1cccc(C(=O)N2CCCN(Cc3ccc(F)cc3)CC2)c1. The van der Waals surface area contributed by atoms with Crippen LogP contribution in [-0.2, 0) is 6.54 Å². The monoisotopic (exact) mass is 370 g/mol. The molecule has 0 aromatic heterocycles. The molecule has 1 amide bonds. The highest BCUT2D eigenvalue weighted by Gasteiger charge is 2.20. The maximum Gasteiger partial charge on any atom is 0.254 e. The number of benzene rings is 2. The quantitative estimate of drug-likeness (QED) is 0.772. The molecule has 1 aliphatic rings. The Morgan fingerprint density at radius 1 is 1.07 bits per heavy atom. The van der Waals surface area contributed by atoms with E-state index >= 15 is 0 Å². The highest BCUT2D eigenvalue weighted by atomic mass is 19.1. The Balaban J connectivity index is 1.58. The van der Waals surface area contributed by atoms with Crippen molar-refractivity contribution >= 4 is 5.91 Å². The molecule has 0 unspecified atom stereocenters. The number of ether oxygens (including phenoxy) is 1. The molecule has 5 heteroatoms. The average Bonchev–Trinajstić information content (AvgIpc) is 2.93. The van der Waals surface area contributed by atoms with Gasteiger partial charge in [0.15, 0.2) is 0 Å². The van der Waals surface area contributed by atoms with Crippen molar-refractivity contribution in [2.45, 2.75) is 26.3 Å². The smallest absolute Gasteiger partial charge is 0.254 e. The molecule has 1 heterocycles. The van der Waals surface area contributed by atoms with E-state index in [0.717, 1.165) is 50.3 Å². The number of carbonyl (C=O) groups excluding carboxylic acids is 1. The highest BCUT2D eigenvalue weighted by Crippen LogP contribution is 2.17. The zero-order chi connectivity index (χ0) is 19.1. The minimum absolute atomic E-state index is 0.0561. The number of nitrogens with zero attached hydrogens (tertiary/aromatic N) is 2. The Labute approximate surface area is 160 Å². The summed E-state index contributed by atoms with van der Waals surface area (Å²) >= 11 is 0. The van der Waals surface area contributed by atoms with Gasteiger partial charge in [0.2, 0.25) is 0 Å². The van der Waals surface area contributed by atoms with Gasteiger partial charge in [-0.25, -0.2) is 4.39 Å². The van der Waals surface area contributed by atoms with Crippen LogP contribution in [0.2, 0.25) is 0 Å². The Kier molecular flexibility index (Phi) is 6.82. The second-order valence-corrected chi connectivity index (χ2v) is 6.92. The molecule has 144 valence electrons. The van der Waals surface area contributed by atoms with Crippen LogP contribution in [0, 0.1) is 5.82 Å². The highest BCUT2D eigenvalue weighted by molar-refractivity contribution is 5.94. The summed E-state index contributed by atoms with van der Waals surface area (Å²) in [4.78, 5) is 17.1. The zero-order valence-corrected chi connectivity index (χ0v) is 15.9. The predicted molar refractivity (Wildman–Crippen MR) is 104 cm³/mol. The van der Waals surface area contributed by atoms with Gasteiger partial charge in [-0.15, -0.1) is 0 Å². The number of halogens is 1. The van der Waals surface area contributed by atoms with Gasteiger partial charge in [0.1, 0.15) is 11.6 Å². The van der Waals surface area contributed by atoms with Crippen LogP contribution in [0.3, 0.4) is 0 Å². The molecule has 1 fully saturated rings. The molecule has 0 N–H and O–H groups in total. The average molecular weight is 370 g/mol. The maximum absolute atomic E-state index is 13.1. The van der Waals surface area contributed by atoms with Gasteiger partial charge in [0.05, 0.1) is 6.61 Å². The summed E-state index contributed by atoms with van der Waals surface area (Å²) in [6.07, 6.45) is 1.87. The molecule has 4 nitrogen and oxygen atoms in total. The molecule has 2 aromatic carbocycles. The molecule has 0 radical (unpaired) electrons. The molecule has 0 atom stereocenters. The van der Waals surface area contributed by atoms with E-state index in [1.54, 1.807) is 0 Å². The van der Waals surface area contributed by atoms with Crippen LogP contribution in [0.15, 0.2) is 48.5 Å². The topological polar surface area (TPSA) is 32.8 Å². The van der Waals surface area contributed by atoms with Gasteiger partial charge in [-0.2, -0.15) is 0 Å². The van der Waals surface area contributed by atoms with Crippen molar-refractivity contribution in [2.75, 3.05) is 32.8 Å². The summed E-state index contributed by atoms with van der Waals surface area (Å²) in [6.45, 7) is 6.68. The molecule has 1 aliphatic heterocycles. The van der Waals surface area contributed by atoms with E-state index in [-0.39, 0.29) is 11.7 Å². The lowest BCUT2D eigenvalue weighted by molar-refractivity contribution is 0.0760. The fourth-order valence-electron chi connectivity index (χ4n) is 3.30. The molecule has 0 saturated carbocycles. The number of amides is 1. The molecular formula is C22H27FN2O2. The molecule has 0 aliphatic carbocycles. The summed E-state index contributed by atoms with van der Waals surface area (Å²) in [5, 5.41) is 0. The minimum atomic E-state index is -0.212. The second kappa shape index (κ2) is 9.51. The molecule has 1 saturated heterocycles. The number of hydrogen-bond donors (Lipinski definition) is 0. The lowest BCUT2D eigenvalue weighted by Crippen LogP contribution is -2.35. The van der Waals surface area contributed by atoms with E-state index in [9.17, 15) is 9.18 Å². The van der Waals surface area contributed by atoms with Crippen LogP contribution in [-0.4, -0.2) is 48.5 Å². The summed E-state index contributed by atoms with van der Waals surface area (Å²) < 4.78 is 18.7. The van der Waals surface area contributed by atoms with Gasteiger partial charge in [-0.3, -0.25) is 9.69 Å². The fourth-order valence-corrected chi connectivity index (χ4v) is 3.30. The van der Waals surface area contributed by atoms with E-state index in [2.05, 4.69) is 11.8 Å². The third kappa shape index (κ3) is 5.54. The first-order valence-corrected chi connectivity index (χ1v) is 9.64. The molecule has 0 bridgehead atoms. The second-order valence-electron chi connectivity index (χ2n) is 6.92. The molecule has 0 spiro atoms. The van der Waals surface area contributed by atoms with E-state index in [4.69, 9.17) is 4.74 Å². The Bertz CT molecular complexity index is 748. The molecule has 27 heavy (non-hydrogen) atoms. The summed E-state index contributed by atoms with van der Waals surface area (Å²) in [5.41, 5.74) is 1.77. The molecular weight excluding hydrogens is 343 g/mol. The first-order chi connectivity index (χ1) is 13.2. The van der Waals surface area contributed by atoms with Crippen molar-refractivity contribution < 1.29 is 13.9 Å². The van der Waals surface area contributed by atoms with Crippen LogP contribution >= 0.6 is 0 Å². The number of carbonyl (C=O) groups is 1. The summed E-state index contributed by atoms with van der Waals surface area (Å²) in [7, 11) is 0. The lowest BCUT2D eigenvalue weighted by Gasteiger charge is -2.22. The largest absolute Gasteiger partial charge is 0.494 e. The first kappa shape index (κ1) is 19.4. The van der Waals surface area contributed by atoms with Gasteiger partial charge in [0.25, 0.3) is 5.91 Å². The summed E-state index contributed by atoms with van der Waals surface area (Å²) in [6, 6.07) is 14.1. The van der Waals surface area contributed by atoms with Gasteiger partial charge in [-0.05, 0) is 48.7 Å². The van der Waals surface area contributed by atoms with Crippen molar-refractivity contribution in [3.63, 3.8) is 0 Å². The predicted octanol–water partition coefficient (Wildman–Crippen LogP) is 3.96. The van der Waals surface area contributed by atoms with E-state index in [0.29, 0.717) is 18.7 Å². The Hall–Kier alpha value is -2.40. The Morgan fingerprint density at radius 2 is 1.89 bits per heavy atom. The third-order valence-electron chi connectivity index (χ3n) is 4.75. The van der Waals surface area contributed by atoms with Crippen LogP contribution in [0.5, 0.6) is 5.75 Å². The van der Waals surface area contributed by atoms with Crippen molar-refractivity contribution in [2.24, 2.45) is 0 Å². The van der Waals surface area contributed by atoms with E-state index < -0.39 is 0 Å². The normalized spacial score (nSPS) is 15.4. The van der Waals surface area contributed by atoms with Crippen molar-refractivity contribution in [1.29, 1.82) is 0 Å². The van der Waals surface area contributed by atoms with Gasteiger partial charge >= 0.3 is 0 Å². The van der Waals surface area contributed by atoms with Crippen LogP contribution in [0.25, 0.3) is 0 Å². The van der Waals surface area contributed by atoms with E-state index in [1.807, 2.05) is 41.3 Å². The number of hydrogen-bond acceptors (Lipinski definition) is 3. The van der Waals surface area contributed by atoms with Crippen LogP contribution < -0.4 is 4.74 Å². The van der Waals surface area contributed by atoms with E-state index in [1.165, 1.54) is 12.1 Å².